The normalized spacial score (nSPS) is 19.7. The van der Waals surface area contributed by atoms with Gasteiger partial charge in [0.2, 0.25) is 23.6 Å². The zero-order valence-corrected chi connectivity index (χ0v) is 21.2. The third kappa shape index (κ3) is 9.10. The van der Waals surface area contributed by atoms with E-state index < -0.39 is 59.8 Å². The van der Waals surface area contributed by atoms with Crippen LogP contribution in [0.4, 0.5) is 0 Å². The van der Waals surface area contributed by atoms with Crippen LogP contribution in [0.2, 0.25) is 0 Å². The average molecular weight is 499 g/mol. The first-order chi connectivity index (χ1) is 16.4. The van der Waals surface area contributed by atoms with Crippen LogP contribution in [0.1, 0.15) is 66.2 Å². The van der Waals surface area contributed by atoms with Crippen LogP contribution in [0.15, 0.2) is 0 Å². The van der Waals surface area contributed by atoms with Crippen LogP contribution in [0.25, 0.3) is 0 Å². The number of carboxylic acid groups (broad SMARTS) is 1. The first-order valence-electron chi connectivity index (χ1n) is 12.3. The van der Waals surface area contributed by atoms with Crippen molar-refractivity contribution < 1.29 is 29.1 Å². The fourth-order valence-electron chi connectivity index (χ4n) is 3.92. The van der Waals surface area contributed by atoms with Gasteiger partial charge in [-0.1, -0.05) is 20.3 Å². The number of carbonyl (C=O) groups is 5. The van der Waals surface area contributed by atoms with Crippen molar-refractivity contribution in [1.29, 1.82) is 0 Å². The molecule has 1 aliphatic rings. The molecule has 0 aliphatic carbocycles. The number of rotatable bonds is 14. The first kappa shape index (κ1) is 30.3. The number of nitrogens with two attached hydrogens (primary N) is 2. The number of hydrogen-bond donors (Lipinski definition) is 6. The van der Waals surface area contributed by atoms with Gasteiger partial charge in [-0.15, -0.1) is 0 Å². The molecule has 0 radical (unpaired) electrons. The van der Waals surface area contributed by atoms with Gasteiger partial charge in [0.25, 0.3) is 0 Å². The predicted octanol–water partition coefficient (Wildman–Crippen LogP) is -0.941. The van der Waals surface area contributed by atoms with Gasteiger partial charge in [0.05, 0.1) is 6.04 Å². The zero-order valence-electron chi connectivity index (χ0n) is 21.2. The Morgan fingerprint density at radius 2 is 1.69 bits per heavy atom. The smallest absolute Gasteiger partial charge is 0.326 e. The van der Waals surface area contributed by atoms with Crippen molar-refractivity contribution in [3.63, 3.8) is 0 Å². The molecule has 0 aromatic carbocycles. The summed E-state index contributed by atoms with van der Waals surface area (Å²) in [5.41, 5.74) is 11.1. The maximum absolute atomic E-state index is 13.1. The van der Waals surface area contributed by atoms with Crippen LogP contribution in [0.5, 0.6) is 0 Å². The summed E-state index contributed by atoms with van der Waals surface area (Å²) in [7, 11) is 0. The van der Waals surface area contributed by atoms with Gasteiger partial charge in [-0.2, -0.15) is 0 Å². The van der Waals surface area contributed by atoms with E-state index in [0.29, 0.717) is 45.2 Å². The summed E-state index contributed by atoms with van der Waals surface area (Å²) in [5, 5.41) is 17.3. The lowest BCUT2D eigenvalue weighted by molar-refractivity contribution is -0.144. The van der Waals surface area contributed by atoms with Gasteiger partial charge in [-0.3, -0.25) is 19.2 Å². The molecule has 1 fully saturated rings. The van der Waals surface area contributed by atoms with Gasteiger partial charge >= 0.3 is 5.97 Å². The van der Waals surface area contributed by atoms with E-state index in [1.165, 1.54) is 18.7 Å². The van der Waals surface area contributed by atoms with Crippen LogP contribution in [-0.4, -0.2) is 82.9 Å². The van der Waals surface area contributed by atoms with Crippen LogP contribution in [0.3, 0.4) is 0 Å². The van der Waals surface area contributed by atoms with Crippen LogP contribution in [-0.2, 0) is 24.0 Å². The Kier molecular flexibility index (Phi) is 12.7. The lowest BCUT2D eigenvalue weighted by atomic mass is 9.98. The Morgan fingerprint density at radius 3 is 2.23 bits per heavy atom. The topological polar surface area (TPSA) is 197 Å². The summed E-state index contributed by atoms with van der Waals surface area (Å²) >= 11 is 0. The summed E-state index contributed by atoms with van der Waals surface area (Å²) in [4.78, 5) is 63.9. The molecule has 1 heterocycles. The maximum Gasteiger partial charge on any atom is 0.326 e. The van der Waals surface area contributed by atoms with E-state index in [-0.39, 0.29) is 12.3 Å². The second-order valence-corrected chi connectivity index (χ2v) is 9.26. The number of unbranched alkanes of at least 4 members (excludes halogenated alkanes) is 1. The van der Waals surface area contributed by atoms with Crippen LogP contribution < -0.4 is 27.4 Å². The van der Waals surface area contributed by atoms with Crippen LogP contribution >= 0.6 is 0 Å². The van der Waals surface area contributed by atoms with E-state index >= 15 is 0 Å². The van der Waals surface area contributed by atoms with Gasteiger partial charge in [-0.25, -0.2) is 4.79 Å². The van der Waals surface area contributed by atoms with E-state index in [2.05, 4.69) is 16.0 Å². The maximum atomic E-state index is 13.1. The van der Waals surface area contributed by atoms with Crippen molar-refractivity contribution in [2.75, 3.05) is 13.1 Å². The van der Waals surface area contributed by atoms with Crippen molar-refractivity contribution in [2.24, 2.45) is 17.4 Å². The minimum atomic E-state index is -1.14. The van der Waals surface area contributed by atoms with E-state index in [1.54, 1.807) is 6.92 Å². The summed E-state index contributed by atoms with van der Waals surface area (Å²) in [6, 6.07) is -4.49. The standard InChI is InChI=1S/C23H42N6O6/c1-5-13(2)18(23(34)35)28-20(31)16(9-6-7-11-24)27-21(32)17-10-8-12-29(17)22(33)15(4)26-19(30)14(3)25/h13-18H,5-12,24-25H2,1-4H3,(H,26,30)(H,27,32)(H,28,31)(H,34,35). The van der Waals surface area contributed by atoms with E-state index in [0.717, 1.165) is 0 Å². The van der Waals surface area contributed by atoms with Crippen molar-refractivity contribution >= 4 is 29.6 Å². The largest absolute Gasteiger partial charge is 0.480 e. The lowest BCUT2D eigenvalue weighted by Crippen LogP contribution is -2.58. The summed E-state index contributed by atoms with van der Waals surface area (Å²) in [6.07, 6.45) is 3.04. The number of aliphatic carboxylic acids is 1. The molecule has 4 amide bonds. The highest BCUT2D eigenvalue weighted by Crippen LogP contribution is 2.19. The summed E-state index contributed by atoms with van der Waals surface area (Å²) in [6.45, 7) is 7.35. The molecular weight excluding hydrogens is 456 g/mol. The molecule has 0 saturated carbocycles. The number of carbonyl (C=O) groups excluding carboxylic acids is 4. The number of amides is 4. The highest BCUT2D eigenvalue weighted by atomic mass is 16.4. The molecule has 0 bridgehead atoms. The fourth-order valence-corrected chi connectivity index (χ4v) is 3.92. The molecule has 12 nitrogen and oxygen atoms in total. The highest BCUT2D eigenvalue weighted by molar-refractivity contribution is 5.95. The Labute approximate surface area is 206 Å². The third-order valence-electron chi connectivity index (χ3n) is 6.34. The number of hydrogen-bond acceptors (Lipinski definition) is 7. The molecule has 12 heteroatoms. The number of carboxylic acids is 1. The molecule has 1 aliphatic heterocycles. The second-order valence-electron chi connectivity index (χ2n) is 9.26. The molecule has 6 unspecified atom stereocenters. The van der Waals surface area contributed by atoms with E-state index in [1.807, 2.05) is 6.92 Å². The van der Waals surface area contributed by atoms with Crippen molar-refractivity contribution in [1.82, 2.24) is 20.9 Å². The molecule has 0 aromatic heterocycles. The Balaban J connectivity index is 2.94. The molecule has 1 rings (SSSR count). The summed E-state index contributed by atoms with van der Waals surface area (Å²) < 4.78 is 0. The first-order valence-corrected chi connectivity index (χ1v) is 12.3. The molecule has 1 saturated heterocycles. The molecule has 0 spiro atoms. The van der Waals surface area contributed by atoms with Gasteiger partial charge in [0.15, 0.2) is 0 Å². The minimum absolute atomic E-state index is 0.281. The van der Waals surface area contributed by atoms with Gasteiger partial charge in [0.1, 0.15) is 24.2 Å². The van der Waals surface area contributed by atoms with E-state index in [9.17, 15) is 29.1 Å². The minimum Gasteiger partial charge on any atom is -0.480 e. The highest BCUT2D eigenvalue weighted by Gasteiger charge is 2.38. The lowest BCUT2D eigenvalue weighted by Gasteiger charge is -2.29. The van der Waals surface area contributed by atoms with Gasteiger partial charge in [0, 0.05) is 6.54 Å². The van der Waals surface area contributed by atoms with Gasteiger partial charge in [-0.05, 0) is 58.4 Å². The predicted molar refractivity (Wildman–Crippen MR) is 130 cm³/mol. The molecule has 0 aromatic rings. The van der Waals surface area contributed by atoms with E-state index in [4.69, 9.17) is 11.5 Å². The summed E-state index contributed by atoms with van der Waals surface area (Å²) in [5.74, 6) is -3.41. The molecular formula is C23H42N6O6. The molecule has 6 atom stereocenters. The average Bonchev–Trinajstić information content (AvgIpc) is 3.30. The Morgan fingerprint density at radius 1 is 1.03 bits per heavy atom. The Bertz CT molecular complexity index is 761. The number of nitrogens with zero attached hydrogens (tertiary/aromatic N) is 1. The van der Waals surface area contributed by atoms with Crippen molar-refractivity contribution in [3.05, 3.63) is 0 Å². The molecule has 200 valence electrons. The van der Waals surface area contributed by atoms with Crippen LogP contribution in [0, 0.1) is 5.92 Å². The Hall–Kier alpha value is -2.73. The van der Waals surface area contributed by atoms with Crippen molar-refractivity contribution in [3.8, 4) is 0 Å². The second kappa shape index (κ2) is 14.6. The monoisotopic (exact) mass is 498 g/mol. The SMILES string of the molecule is CCC(C)C(NC(=O)C(CCCCN)NC(=O)C1CCCN1C(=O)C(C)NC(=O)C(C)N)C(=O)O. The molecule has 35 heavy (non-hydrogen) atoms. The third-order valence-corrected chi connectivity index (χ3v) is 6.34. The fraction of sp³-hybridized carbons (Fsp3) is 0.783. The number of nitrogens with one attached hydrogen (secondary N) is 3. The number of likely N-dealkylation sites (tertiary alicyclic amines) is 1. The quantitative estimate of drug-likeness (QED) is 0.165. The molecule has 8 N–H and O–H groups in total. The van der Waals surface area contributed by atoms with Crippen molar-refractivity contribution in [2.45, 2.75) is 96.4 Å². The zero-order chi connectivity index (χ0) is 26.7. The van der Waals surface area contributed by atoms with Gasteiger partial charge < -0.3 is 37.4 Å².